The van der Waals surface area contributed by atoms with Gasteiger partial charge in [-0.2, -0.15) is 13.2 Å². The summed E-state index contributed by atoms with van der Waals surface area (Å²) in [5.74, 6) is -1.87. The molecular weight excluding hydrogens is 567 g/mol. The molecule has 200 valence electrons. The molecule has 7 nitrogen and oxygen atoms in total. The van der Waals surface area contributed by atoms with Gasteiger partial charge in [-0.15, -0.1) is 0 Å². The van der Waals surface area contributed by atoms with Gasteiger partial charge in [-0.05, 0) is 45.3 Å². The zero-order chi connectivity index (χ0) is 27.1. The smallest absolute Gasteiger partial charge is 0.490 e. The number of carboxylic acid groups (broad SMARTS) is 1. The van der Waals surface area contributed by atoms with E-state index in [0.717, 1.165) is 76.5 Å². The van der Waals surface area contributed by atoms with Gasteiger partial charge in [-0.1, -0.05) is 42.5 Å². The van der Waals surface area contributed by atoms with Crippen molar-refractivity contribution in [3.8, 4) is 28.1 Å². The van der Waals surface area contributed by atoms with E-state index in [9.17, 15) is 13.2 Å². The van der Waals surface area contributed by atoms with Gasteiger partial charge >= 0.3 is 12.1 Å². The molecule has 1 saturated heterocycles. The summed E-state index contributed by atoms with van der Waals surface area (Å²) in [7, 11) is 0. The van der Waals surface area contributed by atoms with Crippen molar-refractivity contribution in [2.45, 2.75) is 6.18 Å². The predicted molar refractivity (Wildman–Crippen MR) is 141 cm³/mol. The first-order chi connectivity index (χ1) is 18.2. The number of rotatable bonds is 6. The molecule has 4 aromatic rings. The Morgan fingerprint density at radius 3 is 2.37 bits per heavy atom. The first-order valence-corrected chi connectivity index (χ1v) is 12.6. The Labute approximate surface area is 225 Å². The summed E-state index contributed by atoms with van der Waals surface area (Å²) < 4.78 is 44.1. The van der Waals surface area contributed by atoms with Gasteiger partial charge in [0.2, 0.25) is 0 Å². The number of carboxylic acids is 1. The topological polar surface area (TPSA) is 87.7 Å². The van der Waals surface area contributed by atoms with E-state index in [1.165, 1.54) is 0 Å². The van der Waals surface area contributed by atoms with E-state index in [0.29, 0.717) is 6.61 Å². The van der Waals surface area contributed by atoms with Crippen LogP contribution in [-0.4, -0.2) is 71.6 Å². The van der Waals surface area contributed by atoms with E-state index in [2.05, 4.69) is 73.3 Å². The fraction of sp³-hybridized carbons (Fsp3) is 0.259. The molecule has 0 aliphatic carbocycles. The summed E-state index contributed by atoms with van der Waals surface area (Å²) in [6.45, 7) is 5.19. The zero-order valence-electron chi connectivity index (χ0n) is 20.2. The number of nitrogens with zero attached hydrogens (tertiary/aromatic N) is 2. The molecule has 2 aromatic carbocycles. The summed E-state index contributed by atoms with van der Waals surface area (Å²) >= 11 is 3.57. The first kappa shape index (κ1) is 27.6. The lowest BCUT2D eigenvalue weighted by Crippen LogP contribution is -2.38. The summed E-state index contributed by atoms with van der Waals surface area (Å²) in [6, 6.07) is 20.8. The average molecular weight is 592 g/mol. The summed E-state index contributed by atoms with van der Waals surface area (Å²) in [6.07, 6.45) is -3.26. The molecule has 5 rings (SSSR count). The Morgan fingerprint density at radius 2 is 1.74 bits per heavy atom. The lowest BCUT2D eigenvalue weighted by atomic mass is 9.99. The third kappa shape index (κ3) is 7.12. The molecule has 1 aliphatic rings. The van der Waals surface area contributed by atoms with Gasteiger partial charge in [0.15, 0.2) is 0 Å². The number of nitrogens with one attached hydrogen (secondary N) is 1. The molecule has 0 spiro atoms. The highest BCUT2D eigenvalue weighted by molar-refractivity contribution is 9.10. The Balaban J connectivity index is 0.000000426. The van der Waals surface area contributed by atoms with Crippen LogP contribution in [-0.2, 0) is 9.53 Å². The molecule has 2 aromatic heterocycles. The maximum Gasteiger partial charge on any atom is 0.490 e. The van der Waals surface area contributed by atoms with Gasteiger partial charge in [-0.3, -0.25) is 4.90 Å². The van der Waals surface area contributed by atoms with Gasteiger partial charge in [0.25, 0.3) is 0 Å². The highest BCUT2D eigenvalue weighted by atomic mass is 79.9. The van der Waals surface area contributed by atoms with E-state index in [1.807, 2.05) is 24.4 Å². The van der Waals surface area contributed by atoms with Crippen molar-refractivity contribution < 1.29 is 32.5 Å². The third-order valence-electron chi connectivity index (χ3n) is 5.84. The van der Waals surface area contributed by atoms with Crippen LogP contribution in [0.25, 0.3) is 33.4 Å². The summed E-state index contributed by atoms with van der Waals surface area (Å²) in [5.41, 5.74) is 5.36. The molecule has 1 aliphatic heterocycles. The number of alkyl halides is 3. The maximum absolute atomic E-state index is 10.6. The van der Waals surface area contributed by atoms with E-state index in [4.69, 9.17) is 19.4 Å². The van der Waals surface area contributed by atoms with Crippen LogP contribution in [0.1, 0.15) is 0 Å². The number of fused-ring (bicyclic) bond motifs is 1. The number of pyridine rings is 1. The largest absolute Gasteiger partial charge is 0.492 e. The molecule has 0 saturated carbocycles. The number of ether oxygens (including phenoxy) is 2. The standard InChI is InChI=1S/C25H24BrN3O2.C2HF3O2/c26-20-16-22-23(24(28-25(22)27-17-20)19-4-2-1-3-5-19)18-6-8-21(9-7-18)31-15-12-29-10-13-30-14-11-29;3-2(4,5)1(6)7/h1-9,16-17H,10-15H2,(H,27,28);(H,6,7). The lowest BCUT2D eigenvalue weighted by molar-refractivity contribution is -0.192. The Morgan fingerprint density at radius 1 is 1.08 bits per heavy atom. The van der Waals surface area contributed by atoms with Crippen LogP contribution in [0.5, 0.6) is 5.75 Å². The van der Waals surface area contributed by atoms with E-state index in [-0.39, 0.29) is 0 Å². The number of hydrogen-bond donors (Lipinski definition) is 2. The average Bonchev–Trinajstić information content (AvgIpc) is 3.29. The zero-order valence-corrected chi connectivity index (χ0v) is 21.8. The fourth-order valence-corrected chi connectivity index (χ4v) is 4.33. The molecule has 1 fully saturated rings. The van der Waals surface area contributed by atoms with Gasteiger partial charge in [-0.25, -0.2) is 9.78 Å². The molecule has 2 N–H and O–H groups in total. The molecular formula is C27H25BrF3N3O4. The Bertz CT molecular complexity index is 1360. The third-order valence-corrected chi connectivity index (χ3v) is 6.28. The van der Waals surface area contributed by atoms with Crippen molar-refractivity contribution in [2.24, 2.45) is 0 Å². The van der Waals surface area contributed by atoms with E-state index in [1.54, 1.807) is 0 Å². The van der Waals surface area contributed by atoms with Gasteiger partial charge in [0.05, 0.1) is 18.9 Å². The van der Waals surface area contributed by atoms with Gasteiger partial charge in [0, 0.05) is 41.3 Å². The minimum Gasteiger partial charge on any atom is -0.492 e. The number of aromatic nitrogens is 2. The number of aromatic amines is 1. The SMILES string of the molecule is Brc1cnc2[nH]c(-c3ccccc3)c(-c3ccc(OCCN4CCOCC4)cc3)c2c1.O=C(O)C(F)(F)F. The molecule has 38 heavy (non-hydrogen) atoms. The van der Waals surface area contributed by atoms with Crippen LogP contribution in [0.4, 0.5) is 13.2 Å². The van der Waals surface area contributed by atoms with Crippen LogP contribution in [0.2, 0.25) is 0 Å². The number of morpholine rings is 1. The summed E-state index contributed by atoms with van der Waals surface area (Å²) in [5, 5.41) is 8.22. The Hall–Kier alpha value is -3.41. The molecule has 0 unspecified atom stereocenters. The van der Waals surface area contributed by atoms with Crippen molar-refractivity contribution in [1.29, 1.82) is 0 Å². The van der Waals surface area contributed by atoms with Crippen LogP contribution >= 0.6 is 15.9 Å². The highest BCUT2D eigenvalue weighted by Crippen LogP contribution is 2.39. The van der Waals surface area contributed by atoms with Crippen LogP contribution in [0.3, 0.4) is 0 Å². The minimum atomic E-state index is -5.08. The minimum absolute atomic E-state index is 0.679. The van der Waals surface area contributed by atoms with Crippen LogP contribution in [0.15, 0.2) is 71.3 Å². The number of hydrogen-bond acceptors (Lipinski definition) is 5. The molecule has 0 amide bonds. The van der Waals surface area contributed by atoms with Crippen LogP contribution < -0.4 is 4.74 Å². The molecule has 0 bridgehead atoms. The number of aliphatic carboxylic acids is 1. The summed E-state index contributed by atoms with van der Waals surface area (Å²) in [4.78, 5) is 19.4. The van der Waals surface area contributed by atoms with Crippen molar-refractivity contribution in [3.05, 3.63) is 71.3 Å². The lowest BCUT2D eigenvalue weighted by Gasteiger charge is -2.26. The molecule has 0 atom stereocenters. The first-order valence-electron chi connectivity index (χ1n) is 11.8. The van der Waals surface area contributed by atoms with Gasteiger partial charge < -0.3 is 19.6 Å². The van der Waals surface area contributed by atoms with Crippen molar-refractivity contribution in [2.75, 3.05) is 39.5 Å². The number of H-pyrrole nitrogens is 1. The predicted octanol–water partition coefficient (Wildman–Crippen LogP) is 6.00. The second kappa shape index (κ2) is 12.4. The highest BCUT2D eigenvalue weighted by Gasteiger charge is 2.38. The fourth-order valence-electron chi connectivity index (χ4n) is 4.00. The monoisotopic (exact) mass is 591 g/mol. The van der Waals surface area contributed by atoms with E-state index >= 15 is 0 Å². The number of halogens is 4. The number of benzene rings is 2. The molecule has 3 heterocycles. The van der Waals surface area contributed by atoms with E-state index < -0.39 is 12.1 Å². The quantitative estimate of drug-likeness (QED) is 0.286. The van der Waals surface area contributed by atoms with Crippen molar-refractivity contribution in [3.63, 3.8) is 0 Å². The molecule has 0 radical (unpaired) electrons. The van der Waals surface area contributed by atoms with Crippen molar-refractivity contribution >= 4 is 32.9 Å². The Kier molecular flexibility index (Phi) is 9.03. The number of carbonyl (C=O) groups is 1. The van der Waals surface area contributed by atoms with Crippen molar-refractivity contribution in [1.82, 2.24) is 14.9 Å². The van der Waals surface area contributed by atoms with Gasteiger partial charge in [0.1, 0.15) is 18.0 Å². The second-order valence-electron chi connectivity index (χ2n) is 8.42. The molecule has 11 heteroatoms. The normalized spacial score (nSPS) is 14.1. The second-order valence-corrected chi connectivity index (χ2v) is 9.34. The maximum atomic E-state index is 10.6. The van der Waals surface area contributed by atoms with Crippen LogP contribution in [0, 0.1) is 0 Å².